The first-order valence-electron chi connectivity index (χ1n) is 8.60. The third-order valence-electron chi connectivity index (χ3n) is 3.94. The number of hydrogen-bond donors (Lipinski definition) is 2. The first-order chi connectivity index (χ1) is 13.2. The van der Waals surface area contributed by atoms with Gasteiger partial charge >= 0.3 is 5.97 Å². The number of aromatic carboxylic acids is 1. The highest BCUT2D eigenvalue weighted by molar-refractivity contribution is 5.94. The molecule has 136 valence electrons. The summed E-state index contributed by atoms with van der Waals surface area (Å²) in [5.41, 5.74) is 5.52. The fourth-order valence-electron chi connectivity index (χ4n) is 2.52. The number of para-hydroxylation sites is 1. The number of benzene rings is 3. The van der Waals surface area contributed by atoms with Gasteiger partial charge in [0.25, 0.3) is 0 Å². The molecule has 3 rings (SSSR count). The van der Waals surface area contributed by atoms with Crippen molar-refractivity contribution in [1.29, 1.82) is 0 Å². The Bertz CT molecular complexity index is 906. The first-order valence-corrected chi connectivity index (χ1v) is 8.60. The van der Waals surface area contributed by atoms with E-state index in [4.69, 9.17) is 9.84 Å². The number of carboxylic acids is 1. The predicted molar refractivity (Wildman–Crippen MR) is 107 cm³/mol. The lowest BCUT2D eigenvalue weighted by molar-refractivity contribution is 0.0698. The van der Waals surface area contributed by atoms with Gasteiger partial charge in [-0.25, -0.2) is 4.79 Å². The topological polar surface area (TPSA) is 70.9 Å². The number of nitrogens with one attached hydrogen (secondary N) is 1. The van der Waals surface area contributed by atoms with Crippen molar-refractivity contribution in [1.82, 2.24) is 0 Å². The summed E-state index contributed by atoms with van der Waals surface area (Å²) in [4.78, 5) is 11.2. The Balaban J connectivity index is 1.52. The third kappa shape index (κ3) is 5.44. The molecule has 3 aromatic rings. The summed E-state index contributed by atoms with van der Waals surface area (Å²) >= 11 is 0. The number of hydrogen-bond acceptors (Lipinski definition) is 4. The minimum atomic E-state index is -0.995. The fourth-order valence-corrected chi connectivity index (χ4v) is 2.52. The van der Waals surface area contributed by atoms with E-state index in [1.54, 1.807) is 24.4 Å². The molecular weight excluding hydrogens is 340 g/mol. The largest absolute Gasteiger partial charge is 0.493 e. The Morgan fingerprint density at radius 3 is 2.41 bits per heavy atom. The van der Waals surface area contributed by atoms with Crippen LogP contribution in [0.3, 0.4) is 0 Å². The van der Waals surface area contributed by atoms with Gasteiger partial charge in [0.05, 0.1) is 24.1 Å². The summed E-state index contributed by atoms with van der Waals surface area (Å²) < 4.78 is 5.76. The quantitative estimate of drug-likeness (QED) is 0.460. The van der Waals surface area contributed by atoms with Gasteiger partial charge in [0.2, 0.25) is 0 Å². The molecule has 0 aliphatic heterocycles. The molecule has 27 heavy (non-hydrogen) atoms. The minimum Gasteiger partial charge on any atom is -0.493 e. The van der Waals surface area contributed by atoms with Crippen molar-refractivity contribution in [3.63, 3.8) is 0 Å². The van der Waals surface area contributed by atoms with Crippen LogP contribution in [0.5, 0.6) is 5.75 Å². The number of rotatable bonds is 8. The number of carboxylic acid groups (broad SMARTS) is 1. The van der Waals surface area contributed by atoms with Crippen molar-refractivity contribution in [2.24, 2.45) is 5.10 Å². The van der Waals surface area contributed by atoms with E-state index in [9.17, 15) is 4.79 Å². The zero-order valence-corrected chi connectivity index (χ0v) is 14.7. The van der Waals surface area contributed by atoms with E-state index in [1.807, 2.05) is 42.5 Å². The SMILES string of the molecule is O=C(O)c1ccccc1N/N=C/c1ccc(OCCc2ccccc2)cc1. The molecule has 0 aromatic heterocycles. The van der Waals surface area contributed by atoms with Gasteiger partial charge in [-0.15, -0.1) is 0 Å². The van der Waals surface area contributed by atoms with Gasteiger partial charge in [-0.05, 0) is 47.5 Å². The highest BCUT2D eigenvalue weighted by Gasteiger charge is 2.07. The predicted octanol–water partition coefficient (Wildman–Crippen LogP) is 4.45. The van der Waals surface area contributed by atoms with E-state index in [1.165, 1.54) is 11.6 Å². The van der Waals surface area contributed by atoms with Gasteiger partial charge in [-0.3, -0.25) is 5.43 Å². The summed E-state index contributed by atoms with van der Waals surface area (Å²) in [5.74, 6) is -0.197. The second-order valence-corrected chi connectivity index (χ2v) is 5.87. The van der Waals surface area contributed by atoms with Gasteiger partial charge < -0.3 is 9.84 Å². The van der Waals surface area contributed by atoms with Crippen LogP contribution in [0.2, 0.25) is 0 Å². The average Bonchev–Trinajstić information content (AvgIpc) is 2.70. The molecule has 0 aliphatic carbocycles. The van der Waals surface area contributed by atoms with E-state index in [0.717, 1.165) is 17.7 Å². The second-order valence-electron chi connectivity index (χ2n) is 5.87. The standard InChI is InChI=1S/C22H20N2O3/c25-22(26)20-8-4-5-9-21(20)24-23-16-18-10-12-19(13-11-18)27-15-14-17-6-2-1-3-7-17/h1-13,16,24H,14-15H2,(H,25,26)/b23-16+. The van der Waals surface area contributed by atoms with E-state index in [-0.39, 0.29) is 5.56 Å². The zero-order valence-electron chi connectivity index (χ0n) is 14.7. The van der Waals surface area contributed by atoms with Crippen LogP contribution in [-0.2, 0) is 6.42 Å². The average molecular weight is 360 g/mol. The number of ether oxygens (including phenoxy) is 1. The summed E-state index contributed by atoms with van der Waals surface area (Å²) in [6.45, 7) is 0.616. The second kappa shape index (κ2) is 9.20. The van der Waals surface area contributed by atoms with Crippen LogP contribution in [0.15, 0.2) is 84.0 Å². The van der Waals surface area contributed by atoms with Crippen molar-refractivity contribution in [3.05, 3.63) is 95.6 Å². The lowest BCUT2D eigenvalue weighted by Crippen LogP contribution is -2.02. The normalized spacial score (nSPS) is 10.7. The van der Waals surface area contributed by atoms with E-state index in [0.29, 0.717) is 12.3 Å². The fraction of sp³-hybridized carbons (Fsp3) is 0.0909. The lowest BCUT2D eigenvalue weighted by Gasteiger charge is -2.06. The van der Waals surface area contributed by atoms with Crippen LogP contribution in [0.1, 0.15) is 21.5 Å². The molecule has 0 unspecified atom stereocenters. The van der Waals surface area contributed by atoms with Crippen molar-refractivity contribution in [2.75, 3.05) is 12.0 Å². The Kier molecular flexibility index (Phi) is 6.20. The van der Waals surface area contributed by atoms with Crippen LogP contribution >= 0.6 is 0 Å². The van der Waals surface area contributed by atoms with Gasteiger partial charge in [0.1, 0.15) is 5.75 Å². The van der Waals surface area contributed by atoms with Crippen LogP contribution in [-0.4, -0.2) is 23.9 Å². The molecule has 2 N–H and O–H groups in total. The van der Waals surface area contributed by atoms with Crippen LogP contribution in [0, 0.1) is 0 Å². The van der Waals surface area contributed by atoms with Crippen molar-refractivity contribution in [3.8, 4) is 5.75 Å². The van der Waals surface area contributed by atoms with Gasteiger partial charge in [-0.2, -0.15) is 5.10 Å². The van der Waals surface area contributed by atoms with E-state index in [2.05, 4.69) is 22.7 Å². The Hall–Kier alpha value is -3.60. The maximum Gasteiger partial charge on any atom is 0.337 e. The highest BCUT2D eigenvalue weighted by Crippen LogP contribution is 2.15. The molecule has 0 saturated carbocycles. The Morgan fingerprint density at radius 2 is 1.67 bits per heavy atom. The third-order valence-corrected chi connectivity index (χ3v) is 3.94. The smallest absolute Gasteiger partial charge is 0.337 e. The van der Waals surface area contributed by atoms with Crippen LogP contribution in [0.4, 0.5) is 5.69 Å². The molecule has 0 radical (unpaired) electrons. The molecule has 0 atom stereocenters. The minimum absolute atomic E-state index is 0.178. The summed E-state index contributed by atoms with van der Waals surface area (Å²) in [7, 11) is 0. The maximum atomic E-state index is 11.2. The molecular formula is C22H20N2O3. The van der Waals surface area contributed by atoms with Crippen molar-refractivity contribution < 1.29 is 14.6 Å². The first kappa shape index (κ1) is 18.2. The van der Waals surface area contributed by atoms with Gasteiger partial charge in [0, 0.05) is 6.42 Å². The molecule has 5 nitrogen and oxygen atoms in total. The number of nitrogens with zero attached hydrogens (tertiary/aromatic N) is 1. The molecule has 5 heteroatoms. The molecule has 0 heterocycles. The molecule has 3 aromatic carbocycles. The Morgan fingerprint density at radius 1 is 0.963 bits per heavy atom. The Labute approximate surface area is 157 Å². The van der Waals surface area contributed by atoms with Crippen molar-refractivity contribution in [2.45, 2.75) is 6.42 Å². The molecule has 0 aliphatic rings. The monoisotopic (exact) mass is 360 g/mol. The molecule has 0 saturated heterocycles. The molecule has 0 spiro atoms. The van der Waals surface area contributed by atoms with Gasteiger partial charge in [0.15, 0.2) is 0 Å². The molecule has 0 fully saturated rings. The van der Waals surface area contributed by atoms with Gasteiger partial charge in [-0.1, -0.05) is 42.5 Å². The maximum absolute atomic E-state index is 11.2. The summed E-state index contributed by atoms with van der Waals surface area (Å²) in [5, 5.41) is 13.3. The zero-order chi connectivity index (χ0) is 18.9. The van der Waals surface area contributed by atoms with Crippen molar-refractivity contribution >= 4 is 17.9 Å². The summed E-state index contributed by atoms with van der Waals surface area (Å²) in [6, 6.07) is 24.4. The van der Waals surface area contributed by atoms with Crippen LogP contribution in [0.25, 0.3) is 0 Å². The molecule has 0 bridgehead atoms. The van der Waals surface area contributed by atoms with E-state index < -0.39 is 5.97 Å². The molecule has 0 amide bonds. The lowest BCUT2D eigenvalue weighted by atomic mass is 10.2. The van der Waals surface area contributed by atoms with E-state index >= 15 is 0 Å². The summed E-state index contributed by atoms with van der Waals surface area (Å²) in [6.07, 6.45) is 2.49. The number of anilines is 1. The highest BCUT2D eigenvalue weighted by atomic mass is 16.5. The number of hydrazone groups is 1. The van der Waals surface area contributed by atoms with Crippen LogP contribution < -0.4 is 10.2 Å². The number of carbonyl (C=O) groups is 1.